The fourth-order valence-electron chi connectivity index (χ4n) is 6.83. The molecule has 1 unspecified atom stereocenters. The van der Waals surface area contributed by atoms with Crippen molar-refractivity contribution in [2.24, 2.45) is 5.92 Å². The average molecular weight is 533 g/mol. The Kier molecular flexibility index (Phi) is 12.3. The van der Waals surface area contributed by atoms with Gasteiger partial charge in [0, 0.05) is 0 Å². The van der Waals surface area contributed by atoms with Crippen LogP contribution in [0.3, 0.4) is 0 Å². The van der Waals surface area contributed by atoms with Gasteiger partial charge in [0.25, 0.3) is 0 Å². The van der Waals surface area contributed by atoms with E-state index in [0.29, 0.717) is 0 Å². The molecule has 2 rings (SSSR count). The third kappa shape index (κ3) is 7.63. The molecule has 0 aromatic heterocycles. The zero-order chi connectivity index (χ0) is 22.6. The first kappa shape index (κ1) is 27.0. The molecule has 0 bridgehead atoms. The number of rotatable bonds is 15. The van der Waals surface area contributed by atoms with Crippen molar-refractivity contribution < 1.29 is 4.48 Å². The van der Waals surface area contributed by atoms with E-state index >= 15 is 0 Å². The van der Waals surface area contributed by atoms with Crippen LogP contribution in [0.25, 0.3) is 6.08 Å². The van der Waals surface area contributed by atoms with Gasteiger partial charge in [-0.3, -0.25) is 0 Å². The molecule has 0 saturated carbocycles. The van der Waals surface area contributed by atoms with E-state index in [9.17, 15) is 0 Å². The molecule has 1 nitrogen and oxygen atoms in total. The van der Waals surface area contributed by atoms with Crippen LogP contribution in [0.2, 0.25) is 13.3 Å². The van der Waals surface area contributed by atoms with Gasteiger partial charge in [-0.1, -0.05) is 0 Å². The van der Waals surface area contributed by atoms with Crippen LogP contribution in [0.4, 0.5) is 0 Å². The van der Waals surface area contributed by atoms with Crippen molar-refractivity contribution in [1.82, 2.24) is 0 Å². The van der Waals surface area contributed by atoms with Crippen LogP contribution in [0.5, 0.6) is 0 Å². The fourth-order valence-corrected chi connectivity index (χ4v) is 28.9. The molecular formula is C29H52NSn+. The molecule has 1 aliphatic heterocycles. The zero-order valence-corrected chi connectivity index (χ0v) is 24.4. The summed E-state index contributed by atoms with van der Waals surface area (Å²) in [4.78, 5) is 0. The Labute approximate surface area is 199 Å². The van der Waals surface area contributed by atoms with Crippen LogP contribution < -0.4 is 0 Å². The van der Waals surface area contributed by atoms with Crippen molar-refractivity contribution in [3.8, 4) is 0 Å². The summed E-state index contributed by atoms with van der Waals surface area (Å²) in [6, 6.07) is 11.0. The molecule has 1 atom stereocenters. The van der Waals surface area contributed by atoms with Gasteiger partial charge in [0.05, 0.1) is 0 Å². The van der Waals surface area contributed by atoms with Gasteiger partial charge in [-0.2, -0.15) is 0 Å². The maximum atomic E-state index is 2.60. The second-order valence-electron chi connectivity index (χ2n) is 10.7. The van der Waals surface area contributed by atoms with Gasteiger partial charge in [-0.05, 0) is 0 Å². The quantitative estimate of drug-likeness (QED) is 0.156. The molecule has 0 radical (unpaired) electrons. The number of benzene rings is 1. The van der Waals surface area contributed by atoms with Gasteiger partial charge >= 0.3 is 200 Å². The number of hydrogen-bond donors (Lipinski definition) is 0. The monoisotopic (exact) mass is 534 g/mol. The Morgan fingerprint density at radius 3 is 1.81 bits per heavy atom. The molecule has 176 valence electrons. The molecule has 1 fully saturated rings. The second-order valence-corrected chi connectivity index (χ2v) is 24.5. The zero-order valence-electron chi connectivity index (χ0n) is 21.5. The number of unbranched alkanes of at least 4 members (excludes halogenated alkanes) is 3. The summed E-state index contributed by atoms with van der Waals surface area (Å²) in [5.41, 5.74) is 1.36. The average Bonchev–Trinajstić information content (AvgIpc) is 3.24. The van der Waals surface area contributed by atoms with E-state index in [4.69, 9.17) is 0 Å². The molecule has 1 aromatic carbocycles. The van der Waals surface area contributed by atoms with Crippen molar-refractivity contribution in [2.45, 2.75) is 103 Å². The van der Waals surface area contributed by atoms with Gasteiger partial charge < -0.3 is 0 Å². The minimum atomic E-state index is -2.35. The van der Waals surface area contributed by atoms with Gasteiger partial charge in [0.2, 0.25) is 0 Å². The summed E-state index contributed by atoms with van der Waals surface area (Å²) in [6.07, 6.45) is 16.5. The fraction of sp³-hybridized carbons (Fsp3) is 0.724. The Balaban J connectivity index is 2.40. The Morgan fingerprint density at radius 2 is 1.35 bits per heavy atom. The number of quaternary nitrogens is 1. The Bertz CT molecular complexity index is 593. The summed E-state index contributed by atoms with van der Waals surface area (Å²) in [5.74, 6) is 0.838. The summed E-state index contributed by atoms with van der Waals surface area (Å²) in [5, 5.41) is 0. The van der Waals surface area contributed by atoms with Crippen molar-refractivity contribution in [2.75, 3.05) is 19.6 Å². The van der Waals surface area contributed by atoms with Crippen LogP contribution in [0.15, 0.2) is 36.4 Å². The Morgan fingerprint density at radius 1 is 0.839 bits per heavy atom. The first-order valence-electron chi connectivity index (χ1n) is 13.6. The van der Waals surface area contributed by atoms with E-state index in [1.807, 2.05) is 0 Å². The summed E-state index contributed by atoms with van der Waals surface area (Å²) < 4.78 is 7.39. The van der Waals surface area contributed by atoms with Crippen molar-refractivity contribution >= 4 is 24.5 Å². The van der Waals surface area contributed by atoms with E-state index in [0.717, 1.165) is 9.98 Å². The molecule has 0 spiro atoms. The molecule has 1 heterocycles. The summed E-state index contributed by atoms with van der Waals surface area (Å²) in [7, 11) is 0. The predicted octanol–water partition coefficient (Wildman–Crippen LogP) is 8.72. The molecule has 2 heteroatoms. The molecule has 31 heavy (non-hydrogen) atoms. The topological polar surface area (TPSA) is 0 Å². The Hall–Kier alpha value is -0.281. The summed E-state index contributed by atoms with van der Waals surface area (Å²) in [6.45, 7) is 16.6. The van der Waals surface area contributed by atoms with E-state index in [2.05, 4.69) is 77.1 Å². The van der Waals surface area contributed by atoms with Crippen LogP contribution in [0, 0.1) is 5.92 Å². The molecule has 0 amide bonds. The molecule has 1 saturated heterocycles. The molecular weight excluding hydrogens is 481 g/mol. The minimum absolute atomic E-state index is 0.838. The van der Waals surface area contributed by atoms with Gasteiger partial charge in [0.1, 0.15) is 0 Å². The van der Waals surface area contributed by atoms with Gasteiger partial charge in [-0.25, -0.2) is 0 Å². The van der Waals surface area contributed by atoms with Crippen LogP contribution in [0.1, 0.15) is 91.5 Å². The predicted molar refractivity (Wildman–Crippen MR) is 143 cm³/mol. The molecule has 0 N–H and O–H groups in total. The van der Waals surface area contributed by atoms with E-state index < -0.39 is 18.4 Å². The van der Waals surface area contributed by atoms with Crippen LogP contribution in [-0.4, -0.2) is 46.6 Å². The second kappa shape index (κ2) is 14.1. The third-order valence-electron chi connectivity index (χ3n) is 7.97. The van der Waals surface area contributed by atoms with Gasteiger partial charge in [-0.15, -0.1) is 0 Å². The van der Waals surface area contributed by atoms with Crippen molar-refractivity contribution in [1.29, 1.82) is 0 Å². The van der Waals surface area contributed by atoms with Crippen molar-refractivity contribution in [3.63, 3.8) is 0 Å². The summed E-state index contributed by atoms with van der Waals surface area (Å²) >= 11 is -2.35. The van der Waals surface area contributed by atoms with Crippen LogP contribution in [-0.2, 0) is 0 Å². The maximum absolute atomic E-state index is 2.60. The standard InChI is InChI=1S/C17H25N.3C4H9.Sn/c1-16(2)15-18(12-6-7-13-18)14-8-11-17-9-4-3-5-10-17;3*1-3-4-2;/h3-5,8-11,15-16H,6-7,12-14H2,1-2H3;3*1,3-4H2,2H3;/q+1;;;;/b11-8+;;;;. The molecule has 1 aromatic rings. The first-order chi connectivity index (χ1) is 15.0. The van der Waals surface area contributed by atoms with Crippen molar-refractivity contribution in [3.05, 3.63) is 42.0 Å². The SMILES string of the molecule is CCC[CH2][Sn]([CH2]CCC)([CH2]CCC)[CH](C(C)C)[N+]1(C/C=C/c2ccccc2)CCCC1. The first-order valence-corrected chi connectivity index (χ1v) is 21.3. The van der Waals surface area contributed by atoms with E-state index in [1.165, 1.54) is 81.0 Å². The number of likely N-dealkylation sites (tertiary alicyclic amines) is 1. The van der Waals surface area contributed by atoms with E-state index in [1.54, 1.807) is 13.3 Å². The molecule has 1 aliphatic rings. The third-order valence-corrected chi connectivity index (χ3v) is 26.6. The van der Waals surface area contributed by atoms with Crippen LogP contribution >= 0.6 is 0 Å². The normalized spacial score (nSPS) is 17.6. The van der Waals surface area contributed by atoms with E-state index in [-0.39, 0.29) is 0 Å². The molecule has 0 aliphatic carbocycles. The number of nitrogens with zero attached hydrogens (tertiary/aromatic N) is 1. The van der Waals surface area contributed by atoms with Gasteiger partial charge in [0.15, 0.2) is 0 Å². The number of hydrogen-bond acceptors (Lipinski definition) is 0.